The summed E-state index contributed by atoms with van der Waals surface area (Å²) in [5.41, 5.74) is 8.67. The SMILES string of the molecule is CC(NC(=O)c1ccc(N)c([N+](=O)[O-])c1)c1ccc(-c2ccccc2)cc1. The molecule has 3 aromatic rings. The number of hydrogen-bond donors (Lipinski definition) is 2. The molecule has 3 aromatic carbocycles. The van der Waals surface area contributed by atoms with Gasteiger partial charge in [0.2, 0.25) is 0 Å². The maximum absolute atomic E-state index is 12.4. The molecule has 0 bridgehead atoms. The molecule has 0 spiro atoms. The van der Waals surface area contributed by atoms with Gasteiger partial charge in [0.05, 0.1) is 11.0 Å². The van der Waals surface area contributed by atoms with Gasteiger partial charge in [-0.1, -0.05) is 54.6 Å². The number of amides is 1. The average molecular weight is 361 g/mol. The van der Waals surface area contributed by atoms with E-state index in [1.54, 1.807) is 0 Å². The Bertz CT molecular complexity index is 970. The number of rotatable bonds is 5. The molecule has 6 nitrogen and oxygen atoms in total. The molecule has 0 heterocycles. The maximum atomic E-state index is 12.4. The second-order valence-corrected chi connectivity index (χ2v) is 6.21. The van der Waals surface area contributed by atoms with E-state index < -0.39 is 10.8 Å². The molecular formula is C21H19N3O3. The fourth-order valence-corrected chi connectivity index (χ4v) is 2.80. The molecule has 0 fully saturated rings. The van der Waals surface area contributed by atoms with Crippen molar-refractivity contribution in [1.82, 2.24) is 5.32 Å². The summed E-state index contributed by atoms with van der Waals surface area (Å²) >= 11 is 0. The molecule has 27 heavy (non-hydrogen) atoms. The van der Waals surface area contributed by atoms with Crippen molar-refractivity contribution in [2.24, 2.45) is 0 Å². The van der Waals surface area contributed by atoms with Crippen LogP contribution in [0.25, 0.3) is 11.1 Å². The Balaban J connectivity index is 1.73. The molecule has 0 aliphatic rings. The summed E-state index contributed by atoms with van der Waals surface area (Å²) in [7, 11) is 0. The lowest BCUT2D eigenvalue weighted by molar-refractivity contribution is -0.383. The van der Waals surface area contributed by atoms with Crippen LogP contribution in [0.5, 0.6) is 0 Å². The zero-order valence-corrected chi connectivity index (χ0v) is 14.8. The van der Waals surface area contributed by atoms with Crippen molar-refractivity contribution < 1.29 is 9.72 Å². The van der Waals surface area contributed by atoms with Crippen molar-refractivity contribution >= 4 is 17.3 Å². The lowest BCUT2D eigenvalue weighted by Gasteiger charge is -2.15. The molecular weight excluding hydrogens is 342 g/mol. The lowest BCUT2D eigenvalue weighted by Crippen LogP contribution is -2.26. The summed E-state index contributed by atoms with van der Waals surface area (Å²) < 4.78 is 0. The Hall–Kier alpha value is -3.67. The number of nitro groups is 1. The number of nitrogen functional groups attached to an aromatic ring is 1. The number of nitro benzene ring substituents is 1. The van der Waals surface area contributed by atoms with E-state index >= 15 is 0 Å². The van der Waals surface area contributed by atoms with Crippen molar-refractivity contribution in [2.45, 2.75) is 13.0 Å². The minimum atomic E-state index is -0.599. The molecule has 136 valence electrons. The van der Waals surface area contributed by atoms with Crippen molar-refractivity contribution in [2.75, 3.05) is 5.73 Å². The van der Waals surface area contributed by atoms with Gasteiger partial charge in [-0.25, -0.2) is 0 Å². The molecule has 1 amide bonds. The lowest BCUT2D eigenvalue weighted by atomic mass is 10.0. The second kappa shape index (κ2) is 7.70. The van der Waals surface area contributed by atoms with Gasteiger partial charge >= 0.3 is 0 Å². The fourth-order valence-electron chi connectivity index (χ4n) is 2.80. The van der Waals surface area contributed by atoms with Crippen LogP contribution in [0.3, 0.4) is 0 Å². The Morgan fingerprint density at radius 1 is 1.00 bits per heavy atom. The molecule has 0 radical (unpaired) electrons. The van der Waals surface area contributed by atoms with Crippen LogP contribution in [0, 0.1) is 10.1 Å². The highest BCUT2D eigenvalue weighted by Crippen LogP contribution is 2.24. The van der Waals surface area contributed by atoms with Crippen LogP contribution in [0.4, 0.5) is 11.4 Å². The van der Waals surface area contributed by atoms with Crippen LogP contribution in [-0.4, -0.2) is 10.8 Å². The van der Waals surface area contributed by atoms with Crippen molar-refractivity contribution in [1.29, 1.82) is 0 Å². The predicted octanol–water partition coefficient (Wildman–Crippen LogP) is 4.34. The van der Waals surface area contributed by atoms with Crippen LogP contribution in [0.2, 0.25) is 0 Å². The van der Waals surface area contributed by atoms with Gasteiger partial charge in [-0.15, -0.1) is 0 Å². The van der Waals surface area contributed by atoms with E-state index in [-0.39, 0.29) is 23.0 Å². The number of nitrogens with two attached hydrogens (primary N) is 1. The molecule has 1 unspecified atom stereocenters. The van der Waals surface area contributed by atoms with Gasteiger partial charge in [0.25, 0.3) is 11.6 Å². The topological polar surface area (TPSA) is 98.3 Å². The third kappa shape index (κ3) is 4.12. The minimum absolute atomic E-state index is 0.0288. The minimum Gasteiger partial charge on any atom is -0.393 e. The number of carbonyl (C=O) groups excluding carboxylic acids is 1. The van der Waals surface area contributed by atoms with E-state index in [0.29, 0.717) is 0 Å². The summed E-state index contributed by atoms with van der Waals surface area (Å²) in [4.78, 5) is 22.8. The number of hydrogen-bond acceptors (Lipinski definition) is 4. The average Bonchev–Trinajstić information content (AvgIpc) is 2.68. The number of nitrogens with one attached hydrogen (secondary N) is 1. The molecule has 0 aliphatic heterocycles. The van der Waals surface area contributed by atoms with Gasteiger partial charge in [-0.05, 0) is 35.7 Å². The first-order valence-electron chi connectivity index (χ1n) is 8.46. The highest BCUT2D eigenvalue weighted by molar-refractivity contribution is 5.95. The van der Waals surface area contributed by atoms with Crippen molar-refractivity contribution in [3.05, 3.63) is 94.0 Å². The standard InChI is InChI=1S/C21H19N3O3/c1-14(15-7-9-17(10-8-15)16-5-3-2-4-6-16)23-21(25)18-11-12-19(22)20(13-18)24(26)27/h2-14H,22H2,1H3,(H,23,25). The van der Waals surface area contributed by atoms with E-state index in [9.17, 15) is 14.9 Å². The van der Waals surface area contributed by atoms with E-state index in [4.69, 9.17) is 5.73 Å². The number of carbonyl (C=O) groups is 1. The Kier molecular flexibility index (Phi) is 5.17. The molecule has 3 N–H and O–H groups in total. The van der Waals surface area contributed by atoms with Crippen LogP contribution >= 0.6 is 0 Å². The van der Waals surface area contributed by atoms with Crippen molar-refractivity contribution in [3.63, 3.8) is 0 Å². The molecule has 0 saturated heterocycles. The van der Waals surface area contributed by atoms with E-state index in [2.05, 4.69) is 5.32 Å². The quantitative estimate of drug-likeness (QED) is 0.401. The van der Waals surface area contributed by atoms with E-state index in [1.165, 1.54) is 18.2 Å². The third-order valence-electron chi connectivity index (χ3n) is 4.35. The van der Waals surface area contributed by atoms with Gasteiger partial charge < -0.3 is 11.1 Å². The van der Waals surface area contributed by atoms with E-state index in [0.717, 1.165) is 16.7 Å². The monoisotopic (exact) mass is 361 g/mol. The highest BCUT2D eigenvalue weighted by Gasteiger charge is 2.17. The predicted molar refractivity (Wildman–Crippen MR) is 105 cm³/mol. The summed E-state index contributed by atoms with van der Waals surface area (Å²) in [5, 5.41) is 13.8. The molecule has 0 aromatic heterocycles. The number of anilines is 1. The van der Waals surface area contributed by atoms with Crippen LogP contribution in [-0.2, 0) is 0 Å². The first-order valence-corrected chi connectivity index (χ1v) is 8.46. The van der Waals surface area contributed by atoms with Gasteiger partial charge in [-0.3, -0.25) is 14.9 Å². The maximum Gasteiger partial charge on any atom is 0.292 e. The third-order valence-corrected chi connectivity index (χ3v) is 4.35. The number of benzene rings is 3. The van der Waals surface area contributed by atoms with Gasteiger partial charge in [0.1, 0.15) is 5.69 Å². The normalized spacial score (nSPS) is 11.6. The van der Waals surface area contributed by atoms with Crippen LogP contribution < -0.4 is 11.1 Å². The summed E-state index contributed by atoms with van der Waals surface area (Å²) in [5.74, 6) is -0.391. The number of nitrogens with zero attached hydrogens (tertiary/aromatic N) is 1. The smallest absolute Gasteiger partial charge is 0.292 e. The Morgan fingerprint density at radius 3 is 2.26 bits per heavy atom. The van der Waals surface area contributed by atoms with Crippen molar-refractivity contribution in [3.8, 4) is 11.1 Å². The first kappa shape index (κ1) is 18.1. The molecule has 3 rings (SSSR count). The molecule has 6 heteroatoms. The Morgan fingerprint density at radius 2 is 1.63 bits per heavy atom. The van der Waals surface area contributed by atoms with Gasteiger partial charge in [-0.2, -0.15) is 0 Å². The van der Waals surface area contributed by atoms with Crippen LogP contribution in [0.1, 0.15) is 28.9 Å². The fraction of sp³-hybridized carbons (Fsp3) is 0.0952. The zero-order valence-electron chi connectivity index (χ0n) is 14.8. The zero-order chi connectivity index (χ0) is 19.4. The molecule has 0 saturated carbocycles. The van der Waals surface area contributed by atoms with Gasteiger partial charge in [0, 0.05) is 11.6 Å². The summed E-state index contributed by atoms with van der Waals surface area (Å²) in [6.07, 6.45) is 0. The molecule has 0 aliphatic carbocycles. The van der Waals surface area contributed by atoms with Crippen LogP contribution in [0.15, 0.2) is 72.8 Å². The molecule has 1 atom stereocenters. The highest BCUT2D eigenvalue weighted by atomic mass is 16.6. The largest absolute Gasteiger partial charge is 0.393 e. The summed E-state index contributed by atoms with van der Waals surface area (Å²) in [6.45, 7) is 1.86. The van der Waals surface area contributed by atoms with Gasteiger partial charge in [0.15, 0.2) is 0 Å². The second-order valence-electron chi connectivity index (χ2n) is 6.21. The Labute approximate surface area is 156 Å². The summed E-state index contributed by atoms with van der Waals surface area (Å²) in [6, 6.07) is 21.7. The first-order chi connectivity index (χ1) is 13.0. The van der Waals surface area contributed by atoms with E-state index in [1.807, 2.05) is 61.5 Å².